The zero-order valence-corrected chi connectivity index (χ0v) is 16.4. The van der Waals surface area contributed by atoms with Crippen molar-refractivity contribution in [2.75, 3.05) is 38.0 Å². The number of hydrogen-bond donors (Lipinski definition) is 2. The Morgan fingerprint density at radius 2 is 1.73 bits per heavy atom. The smallest absolute Gasteiger partial charge is 0.336 e. The van der Waals surface area contributed by atoms with Crippen molar-refractivity contribution in [2.45, 2.75) is 6.18 Å². The Bertz CT molecular complexity index is 1000. The van der Waals surface area contributed by atoms with Crippen LogP contribution in [0.15, 0.2) is 41.2 Å². The Morgan fingerprint density at radius 3 is 2.33 bits per heavy atom. The fraction of sp³-hybridized carbons (Fsp3) is 0.316. The number of anilines is 1. The summed E-state index contributed by atoms with van der Waals surface area (Å²) in [4.78, 5) is 41.5. The van der Waals surface area contributed by atoms with Crippen molar-refractivity contribution in [1.82, 2.24) is 14.8 Å². The summed E-state index contributed by atoms with van der Waals surface area (Å²) in [6.45, 7) is 1.31. The van der Waals surface area contributed by atoms with Gasteiger partial charge >= 0.3 is 6.18 Å². The summed E-state index contributed by atoms with van der Waals surface area (Å²) in [6, 6.07) is 8.38. The molecule has 7 nitrogen and oxygen atoms in total. The van der Waals surface area contributed by atoms with Crippen molar-refractivity contribution in [1.29, 1.82) is 0 Å². The number of carbonyl (C=O) groups excluding carboxylic acids is 2. The monoisotopic (exact) mass is 442 g/mol. The highest BCUT2D eigenvalue weighted by Gasteiger charge is 2.33. The van der Waals surface area contributed by atoms with E-state index in [4.69, 9.17) is 11.6 Å². The number of benzene rings is 1. The highest BCUT2D eigenvalue weighted by molar-refractivity contribution is 6.33. The maximum atomic E-state index is 12.7. The van der Waals surface area contributed by atoms with Gasteiger partial charge in [0.2, 0.25) is 5.91 Å². The minimum Gasteiger partial charge on any atom is -0.336 e. The lowest BCUT2D eigenvalue weighted by atomic mass is 10.2. The fourth-order valence-corrected chi connectivity index (χ4v) is 3.23. The second-order valence-corrected chi connectivity index (χ2v) is 7.12. The van der Waals surface area contributed by atoms with Crippen molar-refractivity contribution in [3.63, 3.8) is 0 Å². The van der Waals surface area contributed by atoms with E-state index in [0.29, 0.717) is 29.9 Å². The van der Waals surface area contributed by atoms with Crippen molar-refractivity contribution < 1.29 is 22.8 Å². The van der Waals surface area contributed by atoms with Crippen molar-refractivity contribution >= 4 is 29.1 Å². The summed E-state index contributed by atoms with van der Waals surface area (Å²) in [5.41, 5.74) is -2.15. The molecule has 1 aliphatic rings. The van der Waals surface area contributed by atoms with E-state index < -0.39 is 23.3 Å². The molecule has 1 aromatic heterocycles. The molecule has 0 atom stereocenters. The molecule has 2 N–H and O–H groups in total. The fourth-order valence-electron chi connectivity index (χ4n) is 3.04. The molecule has 1 fully saturated rings. The number of amides is 2. The molecule has 1 saturated heterocycles. The second-order valence-electron chi connectivity index (χ2n) is 6.71. The molecule has 3 rings (SSSR count). The molecule has 11 heteroatoms. The number of halogens is 4. The Kier molecular flexibility index (Phi) is 6.47. The van der Waals surface area contributed by atoms with E-state index in [9.17, 15) is 27.6 Å². The number of H-pyrrole nitrogens is 1. The Balaban J connectivity index is 1.55. The standard InChI is InChI=1S/C19H18ClF3N4O3/c20-13-3-1-2-4-14(13)24-16(28)11-26-7-9-27(10-8-26)18(30)12-5-6-15(19(21,22)23)25-17(12)29/h1-6H,7-11H2,(H,24,28)(H,25,29). The van der Waals surface area contributed by atoms with E-state index in [-0.39, 0.29) is 31.1 Å². The number of nitrogens with one attached hydrogen (secondary N) is 2. The van der Waals surface area contributed by atoms with E-state index in [1.165, 1.54) is 4.90 Å². The minimum atomic E-state index is -4.70. The first-order valence-electron chi connectivity index (χ1n) is 9.01. The number of nitrogens with zero attached hydrogens (tertiary/aromatic N) is 2. The van der Waals surface area contributed by atoms with Crippen LogP contribution in [0, 0.1) is 0 Å². The third-order valence-electron chi connectivity index (χ3n) is 4.62. The number of hydrogen-bond acceptors (Lipinski definition) is 4. The summed E-state index contributed by atoms with van der Waals surface area (Å²) in [5.74, 6) is -0.910. The number of alkyl halides is 3. The number of carbonyl (C=O) groups is 2. The number of aromatic amines is 1. The second kappa shape index (κ2) is 8.88. The highest BCUT2D eigenvalue weighted by atomic mass is 35.5. The molecule has 160 valence electrons. The number of piperazine rings is 1. The van der Waals surface area contributed by atoms with Crippen LogP contribution in [-0.2, 0) is 11.0 Å². The number of aromatic nitrogens is 1. The van der Waals surface area contributed by atoms with Crippen molar-refractivity contribution in [2.24, 2.45) is 0 Å². The van der Waals surface area contributed by atoms with Gasteiger partial charge in [-0.3, -0.25) is 19.3 Å². The first-order valence-corrected chi connectivity index (χ1v) is 9.39. The Morgan fingerprint density at radius 1 is 1.07 bits per heavy atom. The van der Waals surface area contributed by atoms with E-state index in [2.05, 4.69) is 5.32 Å². The summed E-state index contributed by atoms with van der Waals surface area (Å²) < 4.78 is 38.0. The lowest BCUT2D eigenvalue weighted by Crippen LogP contribution is -2.51. The van der Waals surface area contributed by atoms with Crippen LogP contribution in [0.1, 0.15) is 16.1 Å². The van der Waals surface area contributed by atoms with Gasteiger partial charge in [0.25, 0.3) is 11.5 Å². The molecule has 0 bridgehead atoms. The van der Waals surface area contributed by atoms with E-state index in [1.807, 2.05) is 4.90 Å². The molecule has 0 unspecified atom stereocenters. The van der Waals surface area contributed by atoms with Crippen LogP contribution in [0.25, 0.3) is 0 Å². The average Bonchev–Trinajstić information content (AvgIpc) is 2.69. The predicted molar refractivity (Wildman–Crippen MR) is 104 cm³/mol. The van der Waals surface area contributed by atoms with Gasteiger partial charge in [-0.2, -0.15) is 13.2 Å². The quantitative estimate of drug-likeness (QED) is 0.761. The topological polar surface area (TPSA) is 85.5 Å². The van der Waals surface area contributed by atoms with Gasteiger partial charge in [-0.15, -0.1) is 0 Å². The van der Waals surface area contributed by atoms with E-state index in [0.717, 1.165) is 6.07 Å². The maximum Gasteiger partial charge on any atom is 0.431 e. The zero-order chi connectivity index (χ0) is 21.9. The third-order valence-corrected chi connectivity index (χ3v) is 4.95. The Hall–Kier alpha value is -2.85. The van der Waals surface area contributed by atoms with Crippen LogP contribution in [0.2, 0.25) is 5.02 Å². The number of para-hydroxylation sites is 1. The summed E-state index contributed by atoms with van der Waals surface area (Å²) in [7, 11) is 0. The van der Waals surface area contributed by atoms with Gasteiger partial charge in [-0.1, -0.05) is 23.7 Å². The molecule has 1 aromatic carbocycles. The van der Waals surface area contributed by atoms with Crippen molar-refractivity contribution in [3.05, 3.63) is 63.0 Å². The summed E-state index contributed by atoms with van der Waals surface area (Å²) in [5, 5.41) is 3.13. The SMILES string of the molecule is O=C(CN1CCN(C(=O)c2ccc(C(F)(F)F)[nH]c2=O)CC1)Nc1ccccc1Cl. The van der Waals surface area contributed by atoms with Gasteiger partial charge in [-0.05, 0) is 24.3 Å². The molecular formula is C19H18ClF3N4O3. The van der Waals surface area contributed by atoms with Gasteiger partial charge in [0.15, 0.2) is 0 Å². The molecule has 1 aliphatic heterocycles. The molecule has 30 heavy (non-hydrogen) atoms. The number of rotatable bonds is 4. The summed E-state index contributed by atoms with van der Waals surface area (Å²) in [6.07, 6.45) is -4.70. The normalized spacial score (nSPS) is 15.1. The van der Waals surface area contributed by atoms with Crippen LogP contribution in [0.4, 0.5) is 18.9 Å². The van der Waals surface area contributed by atoms with Crippen LogP contribution < -0.4 is 10.9 Å². The minimum absolute atomic E-state index is 0.0914. The first-order chi connectivity index (χ1) is 14.1. The van der Waals surface area contributed by atoms with Crippen molar-refractivity contribution in [3.8, 4) is 0 Å². The van der Waals surface area contributed by atoms with Gasteiger partial charge < -0.3 is 15.2 Å². The van der Waals surface area contributed by atoms with E-state index >= 15 is 0 Å². The largest absolute Gasteiger partial charge is 0.431 e. The third kappa shape index (κ3) is 5.19. The van der Waals surface area contributed by atoms with Crippen LogP contribution in [0.5, 0.6) is 0 Å². The van der Waals surface area contributed by atoms with Crippen LogP contribution >= 0.6 is 11.6 Å². The lowest BCUT2D eigenvalue weighted by Gasteiger charge is -2.34. The van der Waals surface area contributed by atoms with Gasteiger partial charge in [0, 0.05) is 26.2 Å². The average molecular weight is 443 g/mol. The lowest BCUT2D eigenvalue weighted by molar-refractivity contribution is -0.141. The molecular weight excluding hydrogens is 425 g/mol. The summed E-state index contributed by atoms with van der Waals surface area (Å²) >= 11 is 6.01. The molecule has 2 aromatic rings. The molecule has 0 saturated carbocycles. The van der Waals surface area contributed by atoms with Gasteiger partial charge in [0.1, 0.15) is 11.3 Å². The maximum absolute atomic E-state index is 12.7. The predicted octanol–water partition coefficient (Wildman–Crippen LogP) is 2.44. The van der Waals surface area contributed by atoms with Crippen LogP contribution in [0.3, 0.4) is 0 Å². The highest BCUT2D eigenvalue weighted by Crippen LogP contribution is 2.26. The van der Waals surface area contributed by atoms with Crippen LogP contribution in [-0.4, -0.2) is 59.3 Å². The number of pyridine rings is 1. The van der Waals surface area contributed by atoms with E-state index in [1.54, 1.807) is 29.2 Å². The Labute approximate surface area is 174 Å². The molecule has 2 heterocycles. The zero-order valence-electron chi connectivity index (χ0n) is 15.6. The molecule has 0 aliphatic carbocycles. The molecule has 2 amide bonds. The molecule has 0 radical (unpaired) electrons. The van der Waals surface area contributed by atoms with Gasteiger partial charge in [0.05, 0.1) is 17.3 Å². The van der Waals surface area contributed by atoms with Gasteiger partial charge in [-0.25, -0.2) is 0 Å². The first kappa shape index (κ1) is 21.8. The molecule has 0 spiro atoms.